The summed E-state index contributed by atoms with van der Waals surface area (Å²) < 4.78 is 16.1. The summed E-state index contributed by atoms with van der Waals surface area (Å²) in [6, 6.07) is 10.7. The molecule has 0 aliphatic carbocycles. The molecular weight excluding hydrogens is 360 g/mol. The van der Waals surface area contributed by atoms with Crippen molar-refractivity contribution < 1.29 is 23.8 Å². The van der Waals surface area contributed by atoms with Gasteiger partial charge < -0.3 is 24.0 Å². The molecule has 0 unspecified atom stereocenters. The first-order chi connectivity index (χ1) is 13.6. The van der Waals surface area contributed by atoms with E-state index in [1.807, 2.05) is 28.0 Å². The molecule has 2 aliphatic heterocycles. The van der Waals surface area contributed by atoms with E-state index in [4.69, 9.17) is 14.2 Å². The van der Waals surface area contributed by atoms with Gasteiger partial charge in [-0.1, -0.05) is 0 Å². The second-order valence-electron chi connectivity index (χ2n) is 6.76. The first kappa shape index (κ1) is 18.2. The molecule has 0 saturated carbocycles. The van der Waals surface area contributed by atoms with Crippen LogP contribution in [0.4, 0.5) is 11.4 Å². The van der Waals surface area contributed by atoms with Gasteiger partial charge >= 0.3 is 5.97 Å². The number of likely N-dealkylation sites (tertiary alicyclic amines) is 1. The summed E-state index contributed by atoms with van der Waals surface area (Å²) in [5, 5.41) is 0. The minimum atomic E-state index is -0.378. The number of fused-ring (bicyclic) bond motifs is 1. The van der Waals surface area contributed by atoms with Crippen molar-refractivity contribution in [1.82, 2.24) is 4.90 Å². The fraction of sp³-hybridized carbons (Fsp3) is 0.333. The predicted molar refractivity (Wildman–Crippen MR) is 104 cm³/mol. The van der Waals surface area contributed by atoms with Gasteiger partial charge in [0.25, 0.3) is 5.91 Å². The molecule has 2 aliphatic rings. The Morgan fingerprint density at radius 1 is 1.04 bits per heavy atom. The third kappa shape index (κ3) is 3.13. The quantitative estimate of drug-likeness (QED) is 0.757. The zero-order valence-corrected chi connectivity index (χ0v) is 15.9. The summed E-state index contributed by atoms with van der Waals surface area (Å²) in [7, 11) is 2.92. The zero-order chi connectivity index (χ0) is 19.7. The maximum absolute atomic E-state index is 12.8. The average molecular weight is 382 g/mol. The number of methoxy groups -OCH3 is 2. The SMILES string of the molecule is COC(=O)c1ccc(N2COc3cc(C(=O)N4CCCC4)c(OC)cc32)cc1. The lowest BCUT2D eigenvalue weighted by Crippen LogP contribution is -2.28. The molecular formula is C21H22N2O5. The molecule has 0 atom stereocenters. The van der Waals surface area contributed by atoms with E-state index in [1.165, 1.54) is 7.11 Å². The van der Waals surface area contributed by atoms with Gasteiger partial charge in [-0.25, -0.2) is 4.79 Å². The van der Waals surface area contributed by atoms with Gasteiger partial charge in [0.2, 0.25) is 0 Å². The highest BCUT2D eigenvalue weighted by Crippen LogP contribution is 2.43. The Labute approximate surface area is 163 Å². The number of ether oxygens (including phenoxy) is 3. The van der Waals surface area contributed by atoms with Crippen LogP contribution in [0.5, 0.6) is 11.5 Å². The maximum atomic E-state index is 12.8. The number of carbonyl (C=O) groups excluding carboxylic acids is 2. The second-order valence-corrected chi connectivity index (χ2v) is 6.76. The van der Waals surface area contributed by atoms with Crippen molar-refractivity contribution in [2.24, 2.45) is 0 Å². The smallest absolute Gasteiger partial charge is 0.337 e. The Morgan fingerprint density at radius 3 is 2.39 bits per heavy atom. The topological polar surface area (TPSA) is 68.3 Å². The van der Waals surface area contributed by atoms with Gasteiger partial charge in [0.15, 0.2) is 6.73 Å². The van der Waals surface area contributed by atoms with E-state index in [1.54, 1.807) is 25.3 Å². The number of esters is 1. The van der Waals surface area contributed by atoms with Crippen LogP contribution < -0.4 is 14.4 Å². The molecule has 1 fully saturated rings. The van der Waals surface area contributed by atoms with Crippen molar-refractivity contribution in [1.29, 1.82) is 0 Å². The third-order valence-corrected chi connectivity index (χ3v) is 5.14. The van der Waals surface area contributed by atoms with Gasteiger partial charge in [0.05, 0.1) is 31.0 Å². The van der Waals surface area contributed by atoms with E-state index in [-0.39, 0.29) is 11.9 Å². The van der Waals surface area contributed by atoms with Crippen LogP contribution in [0.15, 0.2) is 36.4 Å². The number of anilines is 2. The van der Waals surface area contributed by atoms with E-state index in [9.17, 15) is 9.59 Å². The number of carbonyl (C=O) groups is 2. The maximum Gasteiger partial charge on any atom is 0.337 e. The number of benzene rings is 2. The number of amides is 1. The van der Waals surface area contributed by atoms with Crippen LogP contribution in [0, 0.1) is 0 Å². The largest absolute Gasteiger partial charge is 0.496 e. The molecule has 2 heterocycles. The fourth-order valence-corrected chi connectivity index (χ4v) is 3.61. The molecule has 28 heavy (non-hydrogen) atoms. The van der Waals surface area contributed by atoms with Crippen LogP contribution in [0.25, 0.3) is 0 Å². The Bertz CT molecular complexity index is 904. The van der Waals surface area contributed by atoms with Crippen molar-refractivity contribution in [3.8, 4) is 11.5 Å². The molecule has 2 aromatic rings. The minimum Gasteiger partial charge on any atom is -0.496 e. The van der Waals surface area contributed by atoms with Crippen LogP contribution in [-0.2, 0) is 4.74 Å². The normalized spacial score (nSPS) is 15.2. The second kappa shape index (κ2) is 7.42. The molecule has 0 spiro atoms. The van der Waals surface area contributed by atoms with Crippen molar-refractivity contribution in [2.45, 2.75) is 12.8 Å². The molecule has 1 amide bonds. The summed E-state index contributed by atoms with van der Waals surface area (Å²) in [4.78, 5) is 28.3. The molecule has 0 bridgehead atoms. The monoisotopic (exact) mass is 382 g/mol. The number of hydrogen-bond donors (Lipinski definition) is 0. The highest BCUT2D eigenvalue weighted by atomic mass is 16.5. The summed E-state index contributed by atoms with van der Waals surface area (Å²) >= 11 is 0. The van der Waals surface area contributed by atoms with Crippen LogP contribution in [0.3, 0.4) is 0 Å². The highest BCUT2D eigenvalue weighted by molar-refractivity contribution is 5.99. The Morgan fingerprint density at radius 2 is 1.75 bits per heavy atom. The van der Waals surface area contributed by atoms with Crippen molar-refractivity contribution >= 4 is 23.3 Å². The summed E-state index contributed by atoms with van der Waals surface area (Å²) in [6.07, 6.45) is 2.07. The summed E-state index contributed by atoms with van der Waals surface area (Å²) in [5.41, 5.74) is 2.69. The highest BCUT2D eigenvalue weighted by Gasteiger charge is 2.29. The molecule has 0 aromatic heterocycles. The van der Waals surface area contributed by atoms with E-state index in [0.717, 1.165) is 37.3 Å². The van der Waals surface area contributed by atoms with E-state index < -0.39 is 0 Å². The lowest BCUT2D eigenvalue weighted by Gasteiger charge is -2.20. The van der Waals surface area contributed by atoms with Crippen molar-refractivity contribution in [3.63, 3.8) is 0 Å². The summed E-state index contributed by atoms with van der Waals surface area (Å²) in [6.45, 7) is 1.87. The van der Waals surface area contributed by atoms with Gasteiger partial charge in [0.1, 0.15) is 11.5 Å². The summed E-state index contributed by atoms with van der Waals surface area (Å²) in [5.74, 6) is 0.760. The molecule has 2 aromatic carbocycles. The fourth-order valence-electron chi connectivity index (χ4n) is 3.61. The molecule has 7 heteroatoms. The standard InChI is InChI=1S/C21H22N2O5/c1-26-18-12-17-19(11-16(18)20(24)22-9-3-4-10-22)28-13-23(17)15-7-5-14(6-8-15)21(25)27-2/h5-8,11-12H,3-4,9-10,13H2,1-2H3. The molecule has 0 N–H and O–H groups in total. The minimum absolute atomic E-state index is 0.0263. The average Bonchev–Trinajstić information content (AvgIpc) is 3.41. The lowest BCUT2D eigenvalue weighted by atomic mass is 10.1. The molecule has 7 nitrogen and oxygen atoms in total. The van der Waals surface area contributed by atoms with Gasteiger partial charge in [0, 0.05) is 24.8 Å². The van der Waals surface area contributed by atoms with Crippen molar-refractivity contribution in [2.75, 3.05) is 38.9 Å². The number of hydrogen-bond acceptors (Lipinski definition) is 6. The van der Waals surface area contributed by atoms with E-state index in [0.29, 0.717) is 29.4 Å². The van der Waals surface area contributed by atoms with Gasteiger partial charge in [-0.05, 0) is 43.2 Å². The Balaban J connectivity index is 1.65. The van der Waals surface area contributed by atoms with Crippen LogP contribution in [0.1, 0.15) is 33.6 Å². The first-order valence-electron chi connectivity index (χ1n) is 9.22. The molecule has 146 valence electrons. The van der Waals surface area contributed by atoms with Gasteiger partial charge in [-0.2, -0.15) is 0 Å². The predicted octanol–water partition coefficient (Wildman–Crippen LogP) is 3.21. The van der Waals surface area contributed by atoms with Crippen LogP contribution in [-0.4, -0.2) is 50.8 Å². The Hall–Kier alpha value is -3.22. The first-order valence-corrected chi connectivity index (χ1v) is 9.22. The Kier molecular flexibility index (Phi) is 4.81. The van der Waals surface area contributed by atoms with Crippen molar-refractivity contribution in [3.05, 3.63) is 47.5 Å². The molecule has 0 radical (unpaired) electrons. The van der Waals surface area contributed by atoms with Gasteiger partial charge in [-0.3, -0.25) is 4.79 Å². The van der Waals surface area contributed by atoms with E-state index in [2.05, 4.69) is 0 Å². The van der Waals surface area contributed by atoms with Crippen LogP contribution >= 0.6 is 0 Å². The molecule has 1 saturated heterocycles. The number of nitrogens with zero attached hydrogens (tertiary/aromatic N) is 2. The lowest BCUT2D eigenvalue weighted by molar-refractivity contribution is 0.0600. The number of rotatable bonds is 4. The van der Waals surface area contributed by atoms with Crippen LogP contribution in [0.2, 0.25) is 0 Å². The molecule has 4 rings (SSSR count). The third-order valence-electron chi connectivity index (χ3n) is 5.14. The van der Waals surface area contributed by atoms with Gasteiger partial charge in [-0.15, -0.1) is 0 Å². The van der Waals surface area contributed by atoms with E-state index >= 15 is 0 Å². The zero-order valence-electron chi connectivity index (χ0n) is 15.9.